The Morgan fingerprint density at radius 2 is 2.33 bits per heavy atom. The van der Waals surface area contributed by atoms with Gasteiger partial charge in [0.2, 0.25) is 0 Å². The second-order valence-corrected chi connectivity index (χ2v) is 3.79. The number of hydrogen-bond acceptors (Lipinski definition) is 1. The number of rotatable bonds is 1. The van der Waals surface area contributed by atoms with Crippen LogP contribution in [0.15, 0.2) is 17.9 Å². The zero-order chi connectivity index (χ0) is 9.03. The molecule has 1 aliphatic rings. The first-order chi connectivity index (χ1) is 5.69. The van der Waals surface area contributed by atoms with E-state index in [9.17, 15) is 0 Å². The minimum Gasteiger partial charge on any atom is -0.297 e. The van der Waals surface area contributed by atoms with Crippen LogP contribution in [0.4, 0.5) is 0 Å². The first-order valence-electron chi connectivity index (χ1n) is 4.82. The molecular formula is C11H19N. The Balaban J connectivity index is 2.84. The Morgan fingerprint density at radius 3 is 3.00 bits per heavy atom. The normalized spacial score (nSPS) is 31.6. The van der Waals surface area contributed by atoms with Gasteiger partial charge in [-0.05, 0) is 51.9 Å². The van der Waals surface area contributed by atoms with Gasteiger partial charge in [-0.2, -0.15) is 0 Å². The minimum atomic E-state index is 0.219. The van der Waals surface area contributed by atoms with Gasteiger partial charge in [-0.15, -0.1) is 5.73 Å². The van der Waals surface area contributed by atoms with Gasteiger partial charge in [0.05, 0.1) is 0 Å². The van der Waals surface area contributed by atoms with Crippen LogP contribution in [0.5, 0.6) is 0 Å². The van der Waals surface area contributed by atoms with E-state index >= 15 is 0 Å². The lowest BCUT2D eigenvalue weighted by Crippen LogP contribution is -2.42. The van der Waals surface area contributed by atoms with Gasteiger partial charge in [0.25, 0.3) is 0 Å². The summed E-state index contributed by atoms with van der Waals surface area (Å²) in [4.78, 5) is 2.42. The van der Waals surface area contributed by atoms with Crippen molar-refractivity contribution in [3.05, 3.63) is 17.9 Å². The Morgan fingerprint density at radius 1 is 1.58 bits per heavy atom. The molecule has 0 fully saturated rings. The van der Waals surface area contributed by atoms with Crippen molar-refractivity contribution in [2.24, 2.45) is 0 Å². The highest BCUT2D eigenvalue weighted by Crippen LogP contribution is 2.20. The predicted octanol–water partition coefficient (Wildman–Crippen LogP) is 2.59. The topological polar surface area (TPSA) is 3.24 Å². The molecule has 0 saturated heterocycles. The van der Waals surface area contributed by atoms with Crippen LogP contribution in [-0.2, 0) is 0 Å². The largest absolute Gasteiger partial charge is 0.297 e. The lowest BCUT2D eigenvalue weighted by Gasteiger charge is -2.35. The fraction of sp³-hybridized carbons (Fsp3) is 0.727. The van der Waals surface area contributed by atoms with Crippen LogP contribution in [0, 0.1) is 0 Å². The summed E-state index contributed by atoms with van der Waals surface area (Å²) in [6.07, 6.45) is 7.94. The molecule has 0 aromatic carbocycles. The quantitative estimate of drug-likeness (QED) is 0.540. The number of likely N-dealkylation sites (N-methyl/N-ethyl adjacent to an activating group) is 1. The van der Waals surface area contributed by atoms with Gasteiger partial charge in [-0.3, -0.25) is 4.90 Å². The molecular weight excluding hydrogens is 146 g/mol. The number of nitrogens with zero attached hydrogens (tertiary/aromatic N) is 1. The average molecular weight is 165 g/mol. The van der Waals surface area contributed by atoms with E-state index in [2.05, 4.69) is 43.7 Å². The van der Waals surface area contributed by atoms with Crippen molar-refractivity contribution >= 4 is 0 Å². The molecule has 1 atom stereocenters. The Hall–Kier alpha value is -0.520. The second kappa shape index (κ2) is 3.93. The van der Waals surface area contributed by atoms with Crippen molar-refractivity contribution in [3.63, 3.8) is 0 Å². The van der Waals surface area contributed by atoms with Crippen LogP contribution in [0.1, 0.15) is 33.1 Å². The third kappa shape index (κ3) is 2.00. The fourth-order valence-electron chi connectivity index (χ4n) is 1.49. The SMILES string of the molecule is CCC1(C)C=C=CCCCN1C. The molecule has 1 unspecified atom stereocenters. The Kier molecular flexibility index (Phi) is 3.13. The van der Waals surface area contributed by atoms with Crippen molar-refractivity contribution in [3.8, 4) is 0 Å². The molecule has 0 aliphatic carbocycles. The zero-order valence-corrected chi connectivity index (χ0v) is 8.43. The lowest BCUT2D eigenvalue weighted by molar-refractivity contribution is 0.177. The van der Waals surface area contributed by atoms with E-state index in [1.54, 1.807) is 0 Å². The summed E-state index contributed by atoms with van der Waals surface area (Å²) in [5.41, 5.74) is 3.49. The molecule has 68 valence electrons. The van der Waals surface area contributed by atoms with E-state index in [4.69, 9.17) is 0 Å². The first-order valence-corrected chi connectivity index (χ1v) is 4.82. The molecule has 1 heterocycles. The smallest absolute Gasteiger partial charge is 0.0431 e. The molecule has 0 radical (unpaired) electrons. The number of hydrogen-bond donors (Lipinski definition) is 0. The summed E-state index contributed by atoms with van der Waals surface area (Å²) in [5.74, 6) is 0. The molecule has 1 nitrogen and oxygen atoms in total. The summed E-state index contributed by atoms with van der Waals surface area (Å²) in [6, 6.07) is 0. The summed E-state index contributed by atoms with van der Waals surface area (Å²) >= 11 is 0. The lowest BCUT2D eigenvalue weighted by atomic mass is 9.95. The molecule has 0 bridgehead atoms. The van der Waals surface area contributed by atoms with Gasteiger partial charge in [0, 0.05) is 5.54 Å². The summed E-state index contributed by atoms with van der Waals surface area (Å²) in [5, 5.41) is 0. The van der Waals surface area contributed by atoms with E-state index in [0.29, 0.717) is 0 Å². The average Bonchev–Trinajstić information content (AvgIpc) is 2.07. The van der Waals surface area contributed by atoms with Crippen LogP contribution in [0.25, 0.3) is 0 Å². The van der Waals surface area contributed by atoms with E-state index in [1.807, 2.05) is 0 Å². The van der Waals surface area contributed by atoms with Crippen molar-refractivity contribution in [1.29, 1.82) is 0 Å². The van der Waals surface area contributed by atoms with E-state index in [0.717, 1.165) is 6.42 Å². The van der Waals surface area contributed by atoms with Crippen LogP contribution < -0.4 is 0 Å². The summed E-state index contributed by atoms with van der Waals surface area (Å²) in [6.45, 7) is 5.70. The molecule has 0 saturated carbocycles. The fourth-order valence-corrected chi connectivity index (χ4v) is 1.49. The molecule has 0 N–H and O–H groups in total. The van der Waals surface area contributed by atoms with Crippen LogP contribution in [-0.4, -0.2) is 24.0 Å². The third-order valence-corrected chi connectivity index (χ3v) is 2.94. The Labute approximate surface area is 75.8 Å². The third-order valence-electron chi connectivity index (χ3n) is 2.94. The highest BCUT2D eigenvalue weighted by atomic mass is 15.2. The maximum atomic E-state index is 3.27. The van der Waals surface area contributed by atoms with Gasteiger partial charge in [0.1, 0.15) is 0 Å². The Bertz CT molecular complexity index is 201. The standard InChI is InChI=1S/C11H19N/c1-4-11(2)9-7-5-6-8-10-12(11)3/h5,9H,4,6,8,10H2,1-3H3. The van der Waals surface area contributed by atoms with Crippen molar-refractivity contribution in [1.82, 2.24) is 4.90 Å². The second-order valence-electron chi connectivity index (χ2n) is 3.79. The zero-order valence-electron chi connectivity index (χ0n) is 8.43. The molecule has 0 aromatic heterocycles. The van der Waals surface area contributed by atoms with Crippen molar-refractivity contribution < 1.29 is 0 Å². The molecule has 12 heavy (non-hydrogen) atoms. The molecule has 1 rings (SSSR count). The van der Waals surface area contributed by atoms with E-state index < -0.39 is 0 Å². The van der Waals surface area contributed by atoms with Gasteiger partial charge < -0.3 is 0 Å². The maximum absolute atomic E-state index is 3.27. The molecule has 1 heteroatoms. The van der Waals surface area contributed by atoms with Crippen LogP contribution in [0.3, 0.4) is 0 Å². The molecule has 1 aliphatic heterocycles. The van der Waals surface area contributed by atoms with E-state index in [1.165, 1.54) is 19.4 Å². The minimum absolute atomic E-state index is 0.219. The maximum Gasteiger partial charge on any atom is 0.0431 e. The van der Waals surface area contributed by atoms with Crippen molar-refractivity contribution in [2.75, 3.05) is 13.6 Å². The van der Waals surface area contributed by atoms with Gasteiger partial charge in [0.15, 0.2) is 0 Å². The highest BCUT2D eigenvalue weighted by molar-refractivity contribution is 5.05. The van der Waals surface area contributed by atoms with Gasteiger partial charge >= 0.3 is 0 Å². The summed E-state index contributed by atoms with van der Waals surface area (Å²) in [7, 11) is 2.20. The van der Waals surface area contributed by atoms with E-state index in [-0.39, 0.29) is 5.54 Å². The summed E-state index contributed by atoms with van der Waals surface area (Å²) < 4.78 is 0. The first kappa shape index (κ1) is 9.57. The van der Waals surface area contributed by atoms with Gasteiger partial charge in [-0.1, -0.05) is 6.92 Å². The van der Waals surface area contributed by atoms with Crippen LogP contribution in [0.2, 0.25) is 0 Å². The van der Waals surface area contributed by atoms with Crippen molar-refractivity contribution in [2.45, 2.75) is 38.6 Å². The monoisotopic (exact) mass is 165 g/mol. The van der Waals surface area contributed by atoms with Crippen LogP contribution >= 0.6 is 0 Å². The molecule has 0 amide bonds. The molecule has 0 aromatic rings. The van der Waals surface area contributed by atoms with Gasteiger partial charge in [-0.25, -0.2) is 0 Å². The molecule has 0 spiro atoms. The predicted molar refractivity (Wildman–Crippen MR) is 53.2 cm³/mol. The highest BCUT2D eigenvalue weighted by Gasteiger charge is 2.23.